The van der Waals surface area contributed by atoms with Gasteiger partial charge in [-0.05, 0) is 54.9 Å². The Labute approximate surface area is 151 Å². The molecule has 0 radical (unpaired) electrons. The highest BCUT2D eigenvalue weighted by molar-refractivity contribution is 6.32. The predicted octanol–water partition coefficient (Wildman–Crippen LogP) is 4.40. The third-order valence-electron chi connectivity index (χ3n) is 4.16. The smallest absolute Gasteiger partial charge is 0.336 e. The molecular formula is C20H20ClNO3. The molecule has 0 unspecified atom stereocenters. The van der Waals surface area contributed by atoms with Crippen molar-refractivity contribution < 1.29 is 9.15 Å². The molecule has 0 amide bonds. The second-order valence-electron chi connectivity index (χ2n) is 6.21. The normalized spacial score (nSPS) is 11.2. The molecule has 1 aromatic heterocycles. The maximum atomic E-state index is 11.9. The number of benzene rings is 2. The molecule has 0 aliphatic rings. The molecule has 4 nitrogen and oxygen atoms in total. The van der Waals surface area contributed by atoms with E-state index >= 15 is 0 Å². The van der Waals surface area contributed by atoms with Gasteiger partial charge in [-0.3, -0.25) is 4.90 Å². The highest BCUT2D eigenvalue weighted by Gasteiger charge is 2.11. The van der Waals surface area contributed by atoms with Crippen LogP contribution in [0.4, 0.5) is 0 Å². The zero-order chi connectivity index (χ0) is 18.0. The summed E-state index contributed by atoms with van der Waals surface area (Å²) in [5.41, 5.74) is 3.19. The molecule has 2 aromatic carbocycles. The lowest BCUT2D eigenvalue weighted by molar-refractivity contribution is 0.319. The number of nitrogens with zero attached hydrogens (tertiary/aromatic N) is 1. The van der Waals surface area contributed by atoms with Gasteiger partial charge in [-0.2, -0.15) is 0 Å². The van der Waals surface area contributed by atoms with Gasteiger partial charge in [0.2, 0.25) is 0 Å². The van der Waals surface area contributed by atoms with E-state index < -0.39 is 0 Å². The summed E-state index contributed by atoms with van der Waals surface area (Å²) >= 11 is 6.25. The third kappa shape index (κ3) is 4.03. The maximum absolute atomic E-state index is 11.9. The molecule has 25 heavy (non-hydrogen) atoms. The first kappa shape index (κ1) is 17.5. The molecule has 3 aromatic rings. The summed E-state index contributed by atoms with van der Waals surface area (Å²) in [5.74, 6) is 0.836. The number of rotatable bonds is 5. The number of methoxy groups -OCH3 is 1. The summed E-state index contributed by atoms with van der Waals surface area (Å²) in [6.45, 7) is 3.27. The molecule has 0 atom stereocenters. The van der Waals surface area contributed by atoms with E-state index in [4.69, 9.17) is 20.8 Å². The van der Waals surface area contributed by atoms with Crippen LogP contribution in [-0.2, 0) is 13.1 Å². The molecule has 0 saturated heterocycles. The van der Waals surface area contributed by atoms with Crippen molar-refractivity contribution in [3.8, 4) is 5.75 Å². The quantitative estimate of drug-likeness (QED) is 0.635. The first-order valence-electron chi connectivity index (χ1n) is 8.00. The van der Waals surface area contributed by atoms with E-state index in [0.29, 0.717) is 17.2 Å². The monoisotopic (exact) mass is 357 g/mol. The van der Waals surface area contributed by atoms with E-state index in [9.17, 15) is 4.79 Å². The predicted molar refractivity (Wildman–Crippen MR) is 100 cm³/mol. The average Bonchev–Trinajstić information content (AvgIpc) is 2.57. The molecule has 1 heterocycles. The summed E-state index contributed by atoms with van der Waals surface area (Å²) in [5, 5.41) is 1.54. The fraction of sp³-hybridized carbons (Fsp3) is 0.250. The van der Waals surface area contributed by atoms with Crippen molar-refractivity contribution in [1.29, 1.82) is 0 Å². The molecule has 130 valence electrons. The molecule has 0 spiro atoms. The first-order chi connectivity index (χ1) is 12.0. The lowest BCUT2D eigenvalue weighted by Crippen LogP contribution is -2.18. The number of fused-ring (bicyclic) bond motifs is 1. The van der Waals surface area contributed by atoms with E-state index in [1.165, 1.54) is 5.56 Å². The van der Waals surface area contributed by atoms with Crippen LogP contribution in [0.15, 0.2) is 51.7 Å². The van der Waals surface area contributed by atoms with E-state index in [-0.39, 0.29) is 5.63 Å². The minimum Gasteiger partial charge on any atom is -0.497 e. The van der Waals surface area contributed by atoms with Crippen molar-refractivity contribution in [3.63, 3.8) is 0 Å². The molecule has 0 fully saturated rings. The van der Waals surface area contributed by atoms with Crippen LogP contribution in [0, 0.1) is 6.92 Å². The molecule has 0 aliphatic heterocycles. The summed E-state index contributed by atoms with van der Waals surface area (Å²) in [6.07, 6.45) is 0. The average molecular weight is 358 g/mol. The Morgan fingerprint density at radius 2 is 1.84 bits per heavy atom. The van der Waals surface area contributed by atoms with Crippen LogP contribution in [-0.4, -0.2) is 19.1 Å². The fourth-order valence-electron chi connectivity index (χ4n) is 2.87. The Bertz CT molecular complexity index is 948. The van der Waals surface area contributed by atoms with Crippen molar-refractivity contribution >= 4 is 22.6 Å². The highest BCUT2D eigenvalue weighted by Crippen LogP contribution is 2.26. The van der Waals surface area contributed by atoms with E-state index in [1.807, 2.05) is 50.4 Å². The fourth-order valence-corrected chi connectivity index (χ4v) is 3.03. The Kier molecular flexibility index (Phi) is 5.11. The summed E-state index contributed by atoms with van der Waals surface area (Å²) in [7, 11) is 3.67. The van der Waals surface area contributed by atoms with E-state index in [1.54, 1.807) is 13.2 Å². The van der Waals surface area contributed by atoms with Gasteiger partial charge in [0.1, 0.15) is 11.3 Å². The van der Waals surface area contributed by atoms with Crippen LogP contribution in [0.3, 0.4) is 0 Å². The second kappa shape index (κ2) is 7.30. The number of hydrogen-bond donors (Lipinski definition) is 0. The van der Waals surface area contributed by atoms with Gasteiger partial charge in [0.15, 0.2) is 0 Å². The van der Waals surface area contributed by atoms with Crippen LogP contribution < -0.4 is 10.4 Å². The van der Waals surface area contributed by atoms with Crippen LogP contribution in [0.25, 0.3) is 11.0 Å². The molecule has 5 heteroatoms. The second-order valence-corrected chi connectivity index (χ2v) is 6.62. The van der Waals surface area contributed by atoms with Crippen LogP contribution in [0.5, 0.6) is 5.75 Å². The van der Waals surface area contributed by atoms with Gasteiger partial charge in [-0.1, -0.05) is 23.7 Å². The highest BCUT2D eigenvalue weighted by atomic mass is 35.5. The van der Waals surface area contributed by atoms with Crippen LogP contribution >= 0.6 is 11.6 Å². The van der Waals surface area contributed by atoms with Gasteiger partial charge in [0.25, 0.3) is 0 Å². The Hall–Kier alpha value is -2.30. The summed E-state index contributed by atoms with van der Waals surface area (Å²) in [6, 6.07) is 13.2. The van der Waals surface area contributed by atoms with Crippen molar-refractivity contribution in [2.75, 3.05) is 14.2 Å². The number of aryl methyl sites for hydroxylation is 1. The van der Waals surface area contributed by atoms with Gasteiger partial charge in [-0.25, -0.2) is 4.79 Å². The Balaban J connectivity index is 1.86. The zero-order valence-corrected chi connectivity index (χ0v) is 15.3. The zero-order valence-electron chi connectivity index (χ0n) is 14.5. The van der Waals surface area contributed by atoms with Crippen LogP contribution in [0.2, 0.25) is 5.02 Å². The topological polar surface area (TPSA) is 42.7 Å². The first-order valence-corrected chi connectivity index (χ1v) is 8.38. The lowest BCUT2D eigenvalue weighted by Gasteiger charge is -2.18. The molecule has 0 N–H and O–H groups in total. The molecule has 0 bridgehead atoms. The van der Waals surface area contributed by atoms with Gasteiger partial charge in [0, 0.05) is 29.6 Å². The van der Waals surface area contributed by atoms with Crippen molar-refractivity contribution in [2.24, 2.45) is 0 Å². The van der Waals surface area contributed by atoms with E-state index in [2.05, 4.69) is 4.90 Å². The lowest BCUT2D eigenvalue weighted by atomic mass is 10.1. The molecule has 0 aliphatic carbocycles. The number of hydrogen-bond acceptors (Lipinski definition) is 4. The number of halogens is 1. The maximum Gasteiger partial charge on any atom is 0.336 e. The van der Waals surface area contributed by atoms with Gasteiger partial charge in [0.05, 0.1) is 7.11 Å². The minimum absolute atomic E-state index is 0.345. The Morgan fingerprint density at radius 1 is 1.12 bits per heavy atom. The SMILES string of the molecule is COc1ccc(CN(C)Cc2cc(=O)oc3cc(C)c(Cl)cc23)cc1. The standard InChI is InChI=1S/C20H20ClNO3/c1-13-8-19-17(10-18(13)21)15(9-20(23)25-19)12-22(2)11-14-4-6-16(24-3)7-5-14/h4-10H,11-12H2,1-3H3. The Morgan fingerprint density at radius 3 is 2.52 bits per heavy atom. The van der Waals surface area contributed by atoms with Crippen molar-refractivity contribution in [2.45, 2.75) is 20.0 Å². The molecule has 0 saturated carbocycles. The minimum atomic E-state index is -0.345. The van der Waals surface area contributed by atoms with Crippen molar-refractivity contribution in [1.82, 2.24) is 4.90 Å². The summed E-state index contributed by atoms with van der Waals surface area (Å²) in [4.78, 5) is 14.0. The molecular weight excluding hydrogens is 338 g/mol. The van der Waals surface area contributed by atoms with Crippen molar-refractivity contribution in [3.05, 3.63) is 74.6 Å². The molecule has 3 rings (SSSR count). The number of ether oxygens (including phenoxy) is 1. The van der Waals surface area contributed by atoms with Gasteiger partial charge >= 0.3 is 5.63 Å². The van der Waals surface area contributed by atoms with E-state index in [0.717, 1.165) is 28.8 Å². The van der Waals surface area contributed by atoms with Crippen LogP contribution in [0.1, 0.15) is 16.7 Å². The largest absolute Gasteiger partial charge is 0.497 e. The van der Waals surface area contributed by atoms with Gasteiger partial charge < -0.3 is 9.15 Å². The summed E-state index contributed by atoms with van der Waals surface area (Å²) < 4.78 is 10.5. The third-order valence-corrected chi connectivity index (χ3v) is 4.57. The van der Waals surface area contributed by atoms with Gasteiger partial charge in [-0.15, -0.1) is 0 Å².